The van der Waals surface area contributed by atoms with E-state index in [1.807, 2.05) is 30.3 Å². The highest BCUT2D eigenvalue weighted by molar-refractivity contribution is 6.30. The first kappa shape index (κ1) is 15.1. The van der Waals surface area contributed by atoms with Gasteiger partial charge in [-0.2, -0.15) is 4.98 Å². The molecule has 0 radical (unpaired) electrons. The lowest BCUT2D eigenvalue weighted by atomic mass is 10.2. The third-order valence-corrected chi connectivity index (χ3v) is 4.10. The molecule has 116 valence electrons. The molecule has 1 aromatic heterocycles. The zero-order chi connectivity index (χ0) is 15.5. The van der Waals surface area contributed by atoms with Crippen LogP contribution in [0, 0.1) is 0 Å². The summed E-state index contributed by atoms with van der Waals surface area (Å²) in [7, 11) is 0. The van der Waals surface area contributed by atoms with Crippen molar-refractivity contribution in [2.24, 2.45) is 0 Å². The number of halogens is 1. The first-order valence-corrected chi connectivity index (χ1v) is 8.20. The van der Waals surface area contributed by atoms with Gasteiger partial charge in [-0.1, -0.05) is 18.5 Å². The van der Waals surface area contributed by atoms with Crippen LogP contribution in [0.2, 0.25) is 5.02 Å². The van der Waals surface area contributed by atoms with Crippen LogP contribution in [0.25, 0.3) is 0 Å². The molecule has 3 rings (SSSR count). The number of anilines is 3. The fourth-order valence-electron chi connectivity index (χ4n) is 2.19. The van der Waals surface area contributed by atoms with Gasteiger partial charge in [-0.25, -0.2) is 4.98 Å². The second-order valence-electron chi connectivity index (χ2n) is 5.86. The number of nitrogens with zero attached hydrogens (tertiary/aromatic N) is 2. The number of benzene rings is 1. The van der Waals surface area contributed by atoms with Gasteiger partial charge in [0, 0.05) is 28.7 Å². The van der Waals surface area contributed by atoms with E-state index in [9.17, 15) is 0 Å². The van der Waals surface area contributed by atoms with E-state index in [-0.39, 0.29) is 0 Å². The molecule has 0 aliphatic heterocycles. The maximum Gasteiger partial charge on any atom is 0.225 e. The predicted octanol–water partition coefficient (Wildman–Crippen LogP) is 4.96. The standard InChI is InChI=1S/C17H21ClN4/c1-3-11(2)19-17-21-15(12-4-5-12)10-16(22-17)20-14-8-6-13(18)7-9-14/h6-12H,3-5H2,1-2H3,(H2,19,20,21,22)/t11-/m0/s1. The molecule has 0 spiro atoms. The van der Waals surface area contributed by atoms with Crippen LogP contribution in [0.15, 0.2) is 30.3 Å². The van der Waals surface area contributed by atoms with Crippen molar-refractivity contribution in [2.75, 3.05) is 10.6 Å². The van der Waals surface area contributed by atoms with Crippen LogP contribution in [0.5, 0.6) is 0 Å². The second kappa shape index (κ2) is 6.53. The average molecular weight is 317 g/mol. The molecule has 2 aromatic rings. The van der Waals surface area contributed by atoms with E-state index < -0.39 is 0 Å². The minimum absolute atomic E-state index is 0.359. The molecule has 0 bridgehead atoms. The molecule has 1 aliphatic carbocycles. The highest BCUT2D eigenvalue weighted by atomic mass is 35.5. The van der Waals surface area contributed by atoms with Gasteiger partial charge in [-0.15, -0.1) is 0 Å². The van der Waals surface area contributed by atoms with Gasteiger partial charge in [0.15, 0.2) is 0 Å². The molecule has 0 amide bonds. The Morgan fingerprint density at radius 1 is 1.23 bits per heavy atom. The van der Waals surface area contributed by atoms with Crippen molar-refractivity contribution in [3.05, 3.63) is 41.0 Å². The summed E-state index contributed by atoms with van der Waals surface area (Å²) in [6.45, 7) is 4.29. The normalized spacial score (nSPS) is 15.4. The van der Waals surface area contributed by atoms with E-state index in [0.29, 0.717) is 17.9 Å². The Kier molecular flexibility index (Phi) is 4.48. The van der Waals surface area contributed by atoms with E-state index in [4.69, 9.17) is 11.6 Å². The SMILES string of the molecule is CC[C@H](C)Nc1nc(Nc2ccc(Cl)cc2)cc(C2CC2)n1. The molecule has 22 heavy (non-hydrogen) atoms. The van der Waals surface area contributed by atoms with E-state index in [1.54, 1.807) is 0 Å². The topological polar surface area (TPSA) is 49.8 Å². The number of nitrogens with one attached hydrogen (secondary N) is 2. The van der Waals surface area contributed by atoms with E-state index in [0.717, 1.165) is 28.6 Å². The van der Waals surface area contributed by atoms with E-state index >= 15 is 0 Å². The Morgan fingerprint density at radius 2 is 1.95 bits per heavy atom. The van der Waals surface area contributed by atoms with Crippen molar-refractivity contribution in [1.82, 2.24) is 9.97 Å². The molecule has 2 N–H and O–H groups in total. The summed E-state index contributed by atoms with van der Waals surface area (Å²) in [4.78, 5) is 9.24. The highest BCUT2D eigenvalue weighted by Gasteiger charge is 2.26. The van der Waals surface area contributed by atoms with Crippen LogP contribution in [-0.4, -0.2) is 16.0 Å². The Hall–Kier alpha value is -1.81. The number of hydrogen-bond donors (Lipinski definition) is 2. The first-order valence-electron chi connectivity index (χ1n) is 7.82. The van der Waals surface area contributed by atoms with Gasteiger partial charge < -0.3 is 10.6 Å². The van der Waals surface area contributed by atoms with Crippen LogP contribution >= 0.6 is 11.6 Å². The lowest BCUT2D eigenvalue weighted by molar-refractivity contribution is 0.750. The highest BCUT2D eigenvalue weighted by Crippen LogP contribution is 2.40. The molecule has 1 aromatic carbocycles. The van der Waals surface area contributed by atoms with Crippen molar-refractivity contribution in [1.29, 1.82) is 0 Å². The van der Waals surface area contributed by atoms with Crippen molar-refractivity contribution in [3.8, 4) is 0 Å². The van der Waals surface area contributed by atoms with Crippen LogP contribution in [0.4, 0.5) is 17.5 Å². The number of hydrogen-bond acceptors (Lipinski definition) is 4. The van der Waals surface area contributed by atoms with Gasteiger partial charge >= 0.3 is 0 Å². The third-order valence-electron chi connectivity index (χ3n) is 3.85. The maximum atomic E-state index is 5.92. The molecular formula is C17H21ClN4. The molecule has 0 unspecified atom stereocenters. The van der Waals surface area contributed by atoms with Gasteiger partial charge in [0.05, 0.1) is 5.69 Å². The Labute approximate surface area is 136 Å². The second-order valence-corrected chi connectivity index (χ2v) is 6.30. The van der Waals surface area contributed by atoms with Crippen LogP contribution in [-0.2, 0) is 0 Å². The zero-order valence-electron chi connectivity index (χ0n) is 12.9. The average Bonchev–Trinajstić information content (AvgIpc) is 3.34. The van der Waals surface area contributed by atoms with Gasteiger partial charge in [0.25, 0.3) is 0 Å². The number of rotatable bonds is 6. The van der Waals surface area contributed by atoms with Crippen molar-refractivity contribution in [3.63, 3.8) is 0 Å². The molecule has 1 heterocycles. The summed E-state index contributed by atoms with van der Waals surface area (Å²) in [5.41, 5.74) is 2.09. The fraction of sp³-hybridized carbons (Fsp3) is 0.412. The van der Waals surface area contributed by atoms with Crippen molar-refractivity contribution in [2.45, 2.75) is 45.1 Å². The van der Waals surface area contributed by atoms with Gasteiger partial charge in [-0.05, 0) is 50.5 Å². The number of aromatic nitrogens is 2. The van der Waals surface area contributed by atoms with Crippen LogP contribution < -0.4 is 10.6 Å². The molecule has 1 fully saturated rings. The monoisotopic (exact) mass is 316 g/mol. The molecule has 1 aliphatic rings. The minimum Gasteiger partial charge on any atom is -0.352 e. The first-order chi connectivity index (χ1) is 10.6. The molecule has 1 saturated carbocycles. The molecule has 1 atom stereocenters. The van der Waals surface area contributed by atoms with Gasteiger partial charge in [0.1, 0.15) is 5.82 Å². The molecular weight excluding hydrogens is 296 g/mol. The summed E-state index contributed by atoms with van der Waals surface area (Å²) >= 11 is 5.92. The lowest BCUT2D eigenvalue weighted by Crippen LogP contribution is -2.16. The van der Waals surface area contributed by atoms with Crippen molar-refractivity contribution < 1.29 is 0 Å². The zero-order valence-corrected chi connectivity index (χ0v) is 13.7. The Bertz CT molecular complexity index is 638. The summed E-state index contributed by atoms with van der Waals surface area (Å²) in [6.07, 6.45) is 3.48. The fourth-order valence-corrected chi connectivity index (χ4v) is 2.31. The quantitative estimate of drug-likeness (QED) is 0.790. The lowest BCUT2D eigenvalue weighted by Gasteiger charge is -2.14. The maximum absolute atomic E-state index is 5.92. The van der Waals surface area contributed by atoms with Crippen LogP contribution in [0.3, 0.4) is 0 Å². The molecule has 5 heteroatoms. The summed E-state index contributed by atoms with van der Waals surface area (Å²) in [5.74, 6) is 2.12. The predicted molar refractivity (Wildman–Crippen MR) is 92.1 cm³/mol. The minimum atomic E-state index is 0.359. The van der Waals surface area contributed by atoms with E-state index in [1.165, 1.54) is 12.8 Å². The third kappa shape index (κ3) is 3.89. The summed E-state index contributed by atoms with van der Waals surface area (Å²) < 4.78 is 0. The smallest absolute Gasteiger partial charge is 0.225 e. The Morgan fingerprint density at radius 3 is 2.59 bits per heavy atom. The van der Waals surface area contributed by atoms with Crippen molar-refractivity contribution >= 4 is 29.1 Å². The largest absolute Gasteiger partial charge is 0.352 e. The van der Waals surface area contributed by atoms with Gasteiger partial charge in [0.2, 0.25) is 5.95 Å². The summed E-state index contributed by atoms with van der Waals surface area (Å²) in [6, 6.07) is 10.0. The van der Waals surface area contributed by atoms with Crippen LogP contribution in [0.1, 0.15) is 44.7 Å². The molecule has 0 saturated heterocycles. The summed E-state index contributed by atoms with van der Waals surface area (Å²) in [5, 5.41) is 7.43. The van der Waals surface area contributed by atoms with E-state index in [2.05, 4.69) is 34.4 Å². The van der Waals surface area contributed by atoms with Gasteiger partial charge in [-0.3, -0.25) is 0 Å². The molecule has 4 nitrogen and oxygen atoms in total. The Balaban J connectivity index is 1.83.